The van der Waals surface area contributed by atoms with Crippen LogP contribution < -0.4 is 0 Å². The van der Waals surface area contributed by atoms with Gasteiger partial charge in [-0.2, -0.15) is 0 Å². The van der Waals surface area contributed by atoms with E-state index in [9.17, 15) is 14.4 Å². The van der Waals surface area contributed by atoms with E-state index in [4.69, 9.17) is 14.2 Å². The Balaban J connectivity index is 4.34. The summed E-state index contributed by atoms with van der Waals surface area (Å²) in [6, 6.07) is 0. The average Bonchev–Trinajstić information content (AvgIpc) is 3.47. The Morgan fingerprint density at radius 2 is 0.439 bits per heavy atom. The summed E-state index contributed by atoms with van der Waals surface area (Å²) < 4.78 is 17.0. The van der Waals surface area contributed by atoms with Crippen molar-refractivity contribution in [2.24, 2.45) is 0 Å². The number of allylic oxidation sites excluding steroid dienone is 10. The Bertz CT molecular complexity index is 1460. The normalized spacial score (nSPS) is 12.4. The Kier molecular flexibility index (Phi) is 68.1. The highest BCUT2D eigenvalue weighted by Gasteiger charge is 2.19. The van der Waals surface area contributed by atoms with Crippen molar-refractivity contribution in [3.05, 3.63) is 60.8 Å². The van der Waals surface area contributed by atoms with Crippen LogP contribution >= 0.6 is 0 Å². The van der Waals surface area contributed by atoms with Crippen LogP contribution in [0.4, 0.5) is 0 Å². The largest absolute Gasteiger partial charge is 0.462 e. The summed E-state index contributed by atoms with van der Waals surface area (Å²) in [6.45, 7) is 6.66. The summed E-state index contributed by atoms with van der Waals surface area (Å²) in [5, 5.41) is 0. The summed E-state index contributed by atoms with van der Waals surface area (Å²) in [4.78, 5) is 38.5. The molecule has 6 nitrogen and oxygen atoms in total. The number of hydrogen-bond donors (Lipinski definition) is 0. The van der Waals surface area contributed by atoms with Crippen molar-refractivity contribution in [3.8, 4) is 0 Å². The SMILES string of the molecule is CCCCC/C=C\C/C=C\C/C=C\CCCCCCCCC(=O)OCC(COC(=O)CCCCCCCCCCCCCCCCCCCCCCCCCC)OC(=O)CCCCCCCCCCC/C=C\C/C=C\CCCCCCC. The molecule has 1 atom stereocenters. The van der Waals surface area contributed by atoms with Gasteiger partial charge < -0.3 is 14.2 Å². The molecule has 0 rings (SSSR count). The van der Waals surface area contributed by atoms with Crippen LogP contribution in [0.2, 0.25) is 0 Å². The van der Waals surface area contributed by atoms with E-state index in [-0.39, 0.29) is 31.1 Å². The molecule has 0 heterocycles. The molecule has 0 aromatic heterocycles. The van der Waals surface area contributed by atoms with E-state index in [1.807, 2.05) is 0 Å². The number of hydrogen-bond acceptors (Lipinski definition) is 6. The van der Waals surface area contributed by atoms with Crippen molar-refractivity contribution >= 4 is 17.9 Å². The third kappa shape index (κ3) is 67.9. The summed E-state index contributed by atoms with van der Waals surface area (Å²) in [7, 11) is 0. The van der Waals surface area contributed by atoms with Gasteiger partial charge in [-0.05, 0) is 89.9 Å². The first-order valence-electron chi connectivity index (χ1n) is 36.3. The van der Waals surface area contributed by atoms with Crippen LogP contribution in [-0.2, 0) is 28.6 Å². The number of unbranched alkanes of at least 4 members (excludes halogenated alkanes) is 46. The monoisotopic (exact) mass is 1150 g/mol. The molecular weight excluding hydrogens is 1010 g/mol. The van der Waals surface area contributed by atoms with Crippen LogP contribution in [0, 0.1) is 0 Å². The molecule has 0 radical (unpaired) electrons. The van der Waals surface area contributed by atoms with Crippen molar-refractivity contribution in [3.63, 3.8) is 0 Å². The van der Waals surface area contributed by atoms with Gasteiger partial charge in [0.25, 0.3) is 0 Å². The van der Waals surface area contributed by atoms with Gasteiger partial charge in [0, 0.05) is 19.3 Å². The molecule has 6 heteroatoms. The van der Waals surface area contributed by atoms with Crippen LogP contribution in [0.1, 0.15) is 387 Å². The van der Waals surface area contributed by atoms with Crippen molar-refractivity contribution < 1.29 is 28.6 Å². The van der Waals surface area contributed by atoms with Gasteiger partial charge in [-0.1, -0.05) is 338 Å². The zero-order chi connectivity index (χ0) is 59.2. The van der Waals surface area contributed by atoms with Crippen LogP contribution in [0.25, 0.3) is 0 Å². The number of carbonyl (C=O) groups excluding carboxylic acids is 3. The van der Waals surface area contributed by atoms with E-state index >= 15 is 0 Å². The van der Waals surface area contributed by atoms with Gasteiger partial charge >= 0.3 is 17.9 Å². The predicted octanol–water partition coefficient (Wildman–Crippen LogP) is 25.1. The van der Waals surface area contributed by atoms with Gasteiger partial charge in [-0.3, -0.25) is 14.4 Å². The van der Waals surface area contributed by atoms with E-state index in [2.05, 4.69) is 81.5 Å². The lowest BCUT2D eigenvalue weighted by Gasteiger charge is -2.18. The fraction of sp³-hybridized carbons (Fsp3) is 0.829. The highest BCUT2D eigenvalue weighted by Crippen LogP contribution is 2.18. The van der Waals surface area contributed by atoms with Gasteiger partial charge in [0.2, 0.25) is 0 Å². The molecule has 0 aliphatic carbocycles. The molecule has 1 unspecified atom stereocenters. The predicted molar refractivity (Wildman–Crippen MR) is 358 cm³/mol. The van der Waals surface area contributed by atoms with Crippen molar-refractivity contribution in [1.82, 2.24) is 0 Å². The molecule has 478 valence electrons. The first-order valence-corrected chi connectivity index (χ1v) is 36.3. The standard InChI is InChI=1S/C76H138O6/c1-4-7-10-13-16-19-22-25-28-31-34-36-37-38-40-42-45-48-51-54-57-60-63-66-69-75(78)81-72-73(71-80-74(77)68-65-62-59-56-53-50-47-44-41-33-30-27-24-21-18-15-12-9-6-3)82-76(79)70-67-64-61-58-55-52-49-46-43-39-35-32-29-26-23-20-17-14-11-8-5-2/h18,21,23,26-27,30,32,35,41,44,73H,4-17,19-20,22,24-25,28-29,31,33-34,36-40,42-43,45-72H2,1-3H3/b21-18-,26-23-,30-27-,35-32-,44-41-. The van der Waals surface area contributed by atoms with Crippen molar-refractivity contribution in [1.29, 1.82) is 0 Å². The van der Waals surface area contributed by atoms with Crippen LogP contribution in [-0.4, -0.2) is 37.2 Å². The zero-order valence-electron chi connectivity index (χ0n) is 55.0. The molecule has 0 aromatic carbocycles. The first kappa shape index (κ1) is 79.1. The fourth-order valence-electron chi connectivity index (χ4n) is 10.8. The number of rotatable bonds is 67. The molecule has 0 aliphatic rings. The lowest BCUT2D eigenvalue weighted by molar-refractivity contribution is -0.167. The molecule has 0 N–H and O–H groups in total. The van der Waals surface area contributed by atoms with Crippen LogP contribution in [0.15, 0.2) is 60.8 Å². The minimum Gasteiger partial charge on any atom is -0.462 e. The third-order valence-corrected chi connectivity index (χ3v) is 16.2. The van der Waals surface area contributed by atoms with Crippen LogP contribution in [0.5, 0.6) is 0 Å². The second kappa shape index (κ2) is 70.6. The number of carbonyl (C=O) groups is 3. The second-order valence-corrected chi connectivity index (χ2v) is 24.5. The van der Waals surface area contributed by atoms with E-state index < -0.39 is 6.10 Å². The quantitative estimate of drug-likeness (QED) is 0.0261. The number of ether oxygens (including phenoxy) is 3. The molecular formula is C76H138O6. The summed E-state index contributed by atoms with van der Waals surface area (Å²) >= 11 is 0. The molecule has 0 aromatic rings. The van der Waals surface area contributed by atoms with Gasteiger partial charge in [0.05, 0.1) is 0 Å². The lowest BCUT2D eigenvalue weighted by atomic mass is 10.0. The van der Waals surface area contributed by atoms with Gasteiger partial charge in [0.15, 0.2) is 6.10 Å². The maximum Gasteiger partial charge on any atom is 0.306 e. The first-order chi connectivity index (χ1) is 40.5. The third-order valence-electron chi connectivity index (χ3n) is 16.2. The molecule has 0 amide bonds. The second-order valence-electron chi connectivity index (χ2n) is 24.5. The van der Waals surface area contributed by atoms with Gasteiger partial charge in [0.1, 0.15) is 13.2 Å². The Morgan fingerprint density at radius 3 is 0.707 bits per heavy atom. The van der Waals surface area contributed by atoms with Gasteiger partial charge in [-0.15, -0.1) is 0 Å². The van der Waals surface area contributed by atoms with Crippen molar-refractivity contribution in [2.45, 2.75) is 393 Å². The number of esters is 3. The lowest BCUT2D eigenvalue weighted by Crippen LogP contribution is -2.30. The maximum atomic E-state index is 13.0. The summed E-state index contributed by atoms with van der Waals surface area (Å²) in [5.74, 6) is -0.868. The molecule has 0 saturated heterocycles. The van der Waals surface area contributed by atoms with E-state index in [0.29, 0.717) is 19.3 Å². The highest BCUT2D eigenvalue weighted by molar-refractivity contribution is 5.71. The zero-order valence-corrected chi connectivity index (χ0v) is 55.0. The van der Waals surface area contributed by atoms with E-state index in [1.54, 1.807) is 0 Å². The molecule has 0 saturated carbocycles. The van der Waals surface area contributed by atoms with Gasteiger partial charge in [-0.25, -0.2) is 0 Å². The minimum absolute atomic E-state index is 0.0765. The highest BCUT2D eigenvalue weighted by atomic mass is 16.6. The minimum atomic E-state index is -0.783. The van der Waals surface area contributed by atoms with Crippen LogP contribution in [0.3, 0.4) is 0 Å². The molecule has 0 bridgehead atoms. The summed E-state index contributed by atoms with van der Waals surface area (Å²) in [5.41, 5.74) is 0. The molecule has 0 fully saturated rings. The Hall–Kier alpha value is -2.89. The van der Waals surface area contributed by atoms with Crippen molar-refractivity contribution in [2.75, 3.05) is 13.2 Å². The summed E-state index contributed by atoms with van der Waals surface area (Å²) in [6.07, 6.45) is 91.0. The molecule has 82 heavy (non-hydrogen) atoms. The Labute approximate surface area is 510 Å². The molecule has 0 aliphatic heterocycles. The fourth-order valence-corrected chi connectivity index (χ4v) is 10.8. The maximum absolute atomic E-state index is 13.0. The topological polar surface area (TPSA) is 78.9 Å². The van der Waals surface area contributed by atoms with E-state index in [0.717, 1.165) is 83.5 Å². The van der Waals surface area contributed by atoms with E-state index in [1.165, 1.54) is 263 Å². The molecule has 0 spiro atoms. The Morgan fingerprint density at radius 1 is 0.244 bits per heavy atom. The average molecular weight is 1150 g/mol. The smallest absolute Gasteiger partial charge is 0.306 e.